The van der Waals surface area contributed by atoms with Gasteiger partial charge in [-0.05, 0) is 0 Å². The molecule has 0 atom stereocenters. The number of hydrogen-bond acceptors (Lipinski definition) is 4. The van der Waals surface area contributed by atoms with E-state index in [1.807, 2.05) is 36.4 Å². The third-order valence-corrected chi connectivity index (χ3v) is 5.74. The van der Waals surface area contributed by atoms with Gasteiger partial charge >= 0.3 is 225 Å². The van der Waals surface area contributed by atoms with Crippen LogP contribution in [-0.4, -0.2) is 185 Å². The van der Waals surface area contributed by atoms with Gasteiger partial charge in [0.2, 0.25) is 0 Å². The molecular formula is C14H14Ba3O8+6. The van der Waals surface area contributed by atoms with E-state index < -0.39 is 12.3 Å². The molecule has 0 aliphatic rings. The smallest absolute Gasteiger partial charge is 2.00 e. The number of hydrogen-bond donors (Lipinski definition) is 6. The van der Waals surface area contributed by atoms with Crippen molar-refractivity contribution in [2.24, 2.45) is 0 Å². The predicted octanol–water partition coefficient (Wildman–Crippen LogP) is 0.436. The van der Waals surface area contributed by atoms with Gasteiger partial charge in [0.15, 0.2) is 0 Å². The molecule has 8 nitrogen and oxygen atoms in total. The molecule has 118 valence electrons. The molecule has 11 heteroatoms. The van der Waals surface area contributed by atoms with Crippen LogP contribution in [0.4, 0.5) is 9.59 Å². The summed E-state index contributed by atoms with van der Waals surface area (Å²) in [7, 11) is 0. The van der Waals surface area contributed by atoms with Crippen molar-refractivity contribution in [3.8, 4) is 11.5 Å². The summed E-state index contributed by atoms with van der Waals surface area (Å²) in [4.78, 5) is 17.1. The van der Waals surface area contributed by atoms with Crippen molar-refractivity contribution in [2.45, 2.75) is 0 Å². The van der Waals surface area contributed by atoms with Crippen LogP contribution < -0.4 is 0.0628 Å². The second-order valence-corrected chi connectivity index (χ2v) is 8.61. The zero-order valence-corrected chi connectivity index (χ0v) is 26.6. The first-order valence-electron chi connectivity index (χ1n) is 6.11. The Morgan fingerprint density at radius 3 is 0.960 bits per heavy atom. The van der Waals surface area contributed by atoms with E-state index in [2.05, 4.69) is 0 Å². The predicted molar refractivity (Wildman–Crippen MR) is 94.1 cm³/mol. The Labute approximate surface area is 248 Å². The number of rotatable bonds is 0. The van der Waals surface area contributed by atoms with Crippen molar-refractivity contribution in [3.63, 3.8) is 0 Å². The monoisotopic (exact) mass is 724 g/mol. The Balaban J connectivity index is -0.000000270. The van der Waals surface area contributed by atoms with E-state index in [9.17, 15) is 0 Å². The standard InChI is InChI=1S/2C6H5O.2CH2O3.3Ba/c2*7-6-4-2-1-3-5-6;2*2-1(3)4;;;/h2*1-4,7H;2*(H2,2,3,4);;;/q;;;;3*+2. The second kappa shape index (κ2) is 20.0. The molecule has 14 radical (unpaired) electrons. The average molecular weight is 722 g/mol. The van der Waals surface area contributed by atoms with Crippen LogP contribution >= 0.6 is 0 Å². The van der Waals surface area contributed by atoms with E-state index in [-0.39, 0.29) is 48.9 Å². The first-order chi connectivity index (χ1) is 11.1. The topological polar surface area (TPSA) is 156 Å². The SMILES string of the molecule is O=C(O)O.O=C(O)O.Oc1cccc[c]1[Ba+2].Oc1cccc[c]1[Ba+2].[Ba+2]. The van der Waals surface area contributed by atoms with Gasteiger partial charge in [-0.3, -0.25) is 0 Å². The molecule has 2 rings (SSSR count). The summed E-state index contributed by atoms with van der Waals surface area (Å²) < 4.78 is 2.24. The fraction of sp³-hybridized carbons (Fsp3) is 0. The first-order valence-corrected chi connectivity index (χ1v) is 10.6. The third kappa shape index (κ3) is 25.3. The van der Waals surface area contributed by atoms with E-state index in [1.165, 1.54) is 0 Å². The van der Waals surface area contributed by atoms with Gasteiger partial charge in [-0.15, -0.1) is 0 Å². The number of phenols is 2. The van der Waals surface area contributed by atoms with Gasteiger partial charge in [-0.2, -0.15) is 0 Å². The van der Waals surface area contributed by atoms with Crippen LogP contribution in [0.25, 0.3) is 0 Å². The summed E-state index contributed by atoms with van der Waals surface area (Å²) in [6, 6.07) is 14.9. The largest absolute Gasteiger partial charge is 2.00 e. The molecular weight excluding hydrogens is 708 g/mol. The number of carboxylic acid groups (broad SMARTS) is 4. The zero-order valence-electron chi connectivity index (χ0n) is 13.2. The molecule has 0 aliphatic heterocycles. The van der Waals surface area contributed by atoms with Gasteiger partial charge in [-0.1, -0.05) is 0 Å². The third-order valence-electron chi connectivity index (χ3n) is 1.98. The summed E-state index contributed by atoms with van der Waals surface area (Å²) in [6.07, 6.45) is -3.67. The van der Waals surface area contributed by atoms with Crippen molar-refractivity contribution >= 4 is 154 Å². The van der Waals surface area contributed by atoms with Crippen molar-refractivity contribution in [1.29, 1.82) is 0 Å². The van der Waals surface area contributed by atoms with E-state index in [4.69, 9.17) is 40.2 Å². The number of benzene rings is 2. The minimum atomic E-state index is -1.83. The number of aromatic hydroxyl groups is 2. The maximum absolute atomic E-state index is 8.97. The molecule has 0 amide bonds. The summed E-state index contributed by atoms with van der Waals surface area (Å²) in [5.41, 5.74) is 0. The van der Waals surface area contributed by atoms with Crippen LogP contribution in [0, 0.1) is 0 Å². The molecule has 0 saturated carbocycles. The van der Waals surface area contributed by atoms with E-state index in [0.717, 1.165) is 0.0628 Å². The Hall–Kier alpha value is 1.29. The van der Waals surface area contributed by atoms with Crippen LogP contribution in [-0.2, 0) is 0 Å². The Kier molecular flexibility index (Phi) is 24.9. The first kappa shape index (κ1) is 31.0. The maximum Gasteiger partial charge on any atom is 2.00 e. The molecule has 0 aromatic heterocycles. The summed E-state index contributed by atoms with van der Waals surface area (Å²) >= 11 is 1.10. The maximum atomic E-state index is 8.97. The average Bonchev–Trinajstić information content (AvgIpc) is 2.45. The minimum absolute atomic E-state index is 0. The normalized spacial score (nSPS) is 7.76. The molecule has 2 aromatic carbocycles. The molecule has 0 fully saturated rings. The van der Waals surface area contributed by atoms with Crippen LogP contribution in [0.2, 0.25) is 0 Å². The van der Waals surface area contributed by atoms with Gasteiger partial charge in [0.05, 0.1) is 0 Å². The fourth-order valence-electron chi connectivity index (χ4n) is 1.02. The summed E-state index contributed by atoms with van der Waals surface area (Å²) in [6.45, 7) is 0. The molecule has 0 heterocycles. The van der Waals surface area contributed by atoms with E-state index in [1.54, 1.807) is 12.1 Å². The second-order valence-electron chi connectivity index (χ2n) is 3.82. The Morgan fingerprint density at radius 2 is 0.840 bits per heavy atom. The quantitative estimate of drug-likeness (QED) is 0.214. The molecule has 2 aromatic rings. The van der Waals surface area contributed by atoms with E-state index >= 15 is 0 Å². The van der Waals surface area contributed by atoms with Crippen LogP contribution in [0.5, 0.6) is 11.5 Å². The minimum Gasteiger partial charge on any atom is 2.00 e. The fourth-order valence-corrected chi connectivity index (χ4v) is 2.62. The molecule has 0 aliphatic carbocycles. The van der Waals surface area contributed by atoms with Crippen LogP contribution in [0.3, 0.4) is 0 Å². The molecule has 0 saturated heterocycles. The summed E-state index contributed by atoms with van der Waals surface area (Å²) in [5.74, 6) is 0.909. The van der Waals surface area contributed by atoms with Crippen LogP contribution in [0.1, 0.15) is 0 Å². The zero-order chi connectivity index (χ0) is 19.1. The number of para-hydroxylation sites is 2. The van der Waals surface area contributed by atoms with Crippen LogP contribution in [0.15, 0.2) is 48.5 Å². The molecule has 6 N–H and O–H groups in total. The van der Waals surface area contributed by atoms with Crippen molar-refractivity contribution in [2.75, 3.05) is 0 Å². The van der Waals surface area contributed by atoms with Gasteiger partial charge in [0.1, 0.15) is 0 Å². The Morgan fingerprint density at radius 1 is 0.640 bits per heavy atom. The van der Waals surface area contributed by atoms with E-state index in [0.29, 0.717) is 105 Å². The van der Waals surface area contributed by atoms with Gasteiger partial charge in [0.25, 0.3) is 0 Å². The van der Waals surface area contributed by atoms with Crippen molar-refractivity contribution in [3.05, 3.63) is 48.5 Å². The number of carbonyl (C=O) groups is 2. The van der Waals surface area contributed by atoms with Gasteiger partial charge in [0, 0.05) is 0 Å². The molecule has 25 heavy (non-hydrogen) atoms. The molecule has 0 spiro atoms. The Bertz CT molecular complexity index is 531. The van der Waals surface area contributed by atoms with Crippen molar-refractivity contribution in [1.82, 2.24) is 0 Å². The molecule has 0 unspecified atom stereocenters. The van der Waals surface area contributed by atoms with Gasteiger partial charge < -0.3 is 20.4 Å². The number of phenolic OH excluding ortho intramolecular Hbond substituents is 2. The van der Waals surface area contributed by atoms with Crippen molar-refractivity contribution < 1.29 is 40.2 Å². The molecule has 0 bridgehead atoms. The summed E-state index contributed by atoms with van der Waals surface area (Å²) in [5, 5.41) is 45.8. The van der Waals surface area contributed by atoms with Gasteiger partial charge in [-0.25, -0.2) is 9.59 Å².